The second kappa shape index (κ2) is 5.35. The second-order valence-electron chi connectivity index (χ2n) is 4.38. The van der Waals surface area contributed by atoms with E-state index in [1.807, 2.05) is 41.1 Å². The number of amides is 1. The zero-order chi connectivity index (χ0) is 13.9. The Balaban J connectivity index is 1.80. The van der Waals surface area contributed by atoms with Crippen LogP contribution in [0.1, 0.15) is 0 Å². The van der Waals surface area contributed by atoms with Gasteiger partial charge in [-0.2, -0.15) is 0 Å². The van der Waals surface area contributed by atoms with Gasteiger partial charge >= 0.3 is 0 Å². The van der Waals surface area contributed by atoms with E-state index >= 15 is 0 Å². The first kappa shape index (κ1) is 12.7. The first-order chi connectivity index (χ1) is 9.74. The number of nitrogens with one attached hydrogen (secondary N) is 1. The largest absolute Gasteiger partial charge is 0.338 e. The van der Waals surface area contributed by atoms with Gasteiger partial charge in [0.2, 0.25) is 5.91 Å². The van der Waals surface area contributed by atoms with Crippen molar-refractivity contribution in [1.29, 1.82) is 0 Å². The number of hydrogen-bond acceptors (Lipinski definition) is 2. The van der Waals surface area contributed by atoms with Crippen LogP contribution in [0.3, 0.4) is 0 Å². The average Bonchev–Trinajstić information content (AvgIpc) is 2.84. The van der Waals surface area contributed by atoms with E-state index < -0.39 is 0 Å². The SMILES string of the molecule is O=C(Cn1ccc2c(Cl)cccc21)Nc1ccccn1. The fourth-order valence-electron chi connectivity index (χ4n) is 2.10. The van der Waals surface area contributed by atoms with Gasteiger partial charge in [0.1, 0.15) is 12.4 Å². The summed E-state index contributed by atoms with van der Waals surface area (Å²) in [5, 5.41) is 4.39. The number of hydrogen-bond donors (Lipinski definition) is 1. The van der Waals surface area contributed by atoms with Gasteiger partial charge in [0.15, 0.2) is 0 Å². The van der Waals surface area contributed by atoms with Gasteiger partial charge in [-0.15, -0.1) is 0 Å². The fraction of sp³-hybridized carbons (Fsp3) is 0.0667. The monoisotopic (exact) mass is 285 g/mol. The van der Waals surface area contributed by atoms with Gasteiger partial charge in [-0.1, -0.05) is 23.7 Å². The van der Waals surface area contributed by atoms with E-state index in [-0.39, 0.29) is 12.5 Å². The van der Waals surface area contributed by atoms with Crippen LogP contribution in [0.25, 0.3) is 10.9 Å². The Morgan fingerprint density at radius 1 is 1.20 bits per heavy atom. The highest BCUT2D eigenvalue weighted by atomic mass is 35.5. The van der Waals surface area contributed by atoms with Crippen molar-refractivity contribution >= 4 is 34.2 Å². The van der Waals surface area contributed by atoms with E-state index in [1.165, 1.54) is 0 Å². The molecule has 0 aliphatic rings. The van der Waals surface area contributed by atoms with Crippen molar-refractivity contribution in [2.45, 2.75) is 6.54 Å². The number of aromatic nitrogens is 2. The lowest BCUT2D eigenvalue weighted by atomic mass is 10.2. The van der Waals surface area contributed by atoms with Gasteiger partial charge in [-0.3, -0.25) is 4.79 Å². The molecule has 0 atom stereocenters. The van der Waals surface area contributed by atoms with Crippen molar-refractivity contribution in [3.63, 3.8) is 0 Å². The molecule has 20 heavy (non-hydrogen) atoms. The van der Waals surface area contributed by atoms with Gasteiger partial charge in [0.25, 0.3) is 0 Å². The molecule has 4 nitrogen and oxygen atoms in total. The lowest BCUT2D eigenvalue weighted by Gasteiger charge is -2.06. The van der Waals surface area contributed by atoms with Gasteiger partial charge in [0, 0.05) is 28.3 Å². The third-order valence-corrected chi connectivity index (χ3v) is 3.34. The summed E-state index contributed by atoms with van der Waals surface area (Å²) in [7, 11) is 0. The van der Waals surface area contributed by atoms with E-state index in [4.69, 9.17) is 11.6 Å². The molecule has 3 rings (SSSR count). The minimum absolute atomic E-state index is 0.124. The number of pyridine rings is 1. The normalized spacial score (nSPS) is 10.7. The Hall–Kier alpha value is -2.33. The molecule has 1 amide bonds. The molecule has 0 aliphatic heterocycles. The number of carbonyl (C=O) groups is 1. The van der Waals surface area contributed by atoms with Gasteiger partial charge < -0.3 is 9.88 Å². The lowest BCUT2D eigenvalue weighted by Crippen LogP contribution is -2.18. The predicted molar refractivity (Wildman–Crippen MR) is 79.8 cm³/mol. The fourth-order valence-corrected chi connectivity index (χ4v) is 2.33. The second-order valence-corrected chi connectivity index (χ2v) is 4.79. The standard InChI is InChI=1S/C15H12ClN3O/c16-12-4-3-5-13-11(12)7-9-19(13)10-15(20)18-14-6-1-2-8-17-14/h1-9H,10H2,(H,17,18,20). The Labute approximate surface area is 121 Å². The highest BCUT2D eigenvalue weighted by molar-refractivity contribution is 6.35. The molecule has 0 saturated carbocycles. The summed E-state index contributed by atoms with van der Waals surface area (Å²) in [6.07, 6.45) is 3.50. The minimum atomic E-state index is -0.124. The third kappa shape index (κ3) is 2.51. The highest BCUT2D eigenvalue weighted by Crippen LogP contribution is 2.24. The van der Waals surface area contributed by atoms with E-state index in [0.717, 1.165) is 10.9 Å². The van der Waals surface area contributed by atoms with Crippen LogP contribution < -0.4 is 5.32 Å². The smallest absolute Gasteiger partial charge is 0.245 e. The number of benzene rings is 1. The van der Waals surface area contributed by atoms with Crippen LogP contribution in [0.5, 0.6) is 0 Å². The molecule has 0 fully saturated rings. The van der Waals surface area contributed by atoms with Crippen LogP contribution in [0.2, 0.25) is 5.02 Å². The Bertz CT molecular complexity index is 752. The van der Waals surface area contributed by atoms with Gasteiger partial charge in [0.05, 0.1) is 0 Å². The number of rotatable bonds is 3. The first-order valence-electron chi connectivity index (χ1n) is 6.18. The van der Waals surface area contributed by atoms with Crippen LogP contribution in [0.4, 0.5) is 5.82 Å². The minimum Gasteiger partial charge on any atom is -0.338 e. The summed E-state index contributed by atoms with van der Waals surface area (Å²) in [5.74, 6) is 0.424. The van der Waals surface area contributed by atoms with E-state index in [9.17, 15) is 4.79 Å². The molecule has 0 bridgehead atoms. The molecule has 100 valence electrons. The van der Waals surface area contributed by atoms with Crippen molar-refractivity contribution in [3.8, 4) is 0 Å². The first-order valence-corrected chi connectivity index (χ1v) is 6.56. The highest BCUT2D eigenvalue weighted by Gasteiger charge is 2.08. The number of halogens is 1. The Morgan fingerprint density at radius 2 is 2.10 bits per heavy atom. The lowest BCUT2D eigenvalue weighted by molar-refractivity contribution is -0.116. The molecule has 2 heterocycles. The van der Waals surface area contributed by atoms with Crippen LogP contribution in [0, 0.1) is 0 Å². The maximum absolute atomic E-state index is 12.0. The van der Waals surface area contributed by atoms with Gasteiger partial charge in [-0.05, 0) is 30.3 Å². The van der Waals surface area contributed by atoms with Crippen molar-refractivity contribution in [2.75, 3.05) is 5.32 Å². The summed E-state index contributed by atoms with van der Waals surface area (Å²) in [5.41, 5.74) is 0.939. The van der Waals surface area contributed by atoms with E-state index in [1.54, 1.807) is 18.3 Å². The number of fused-ring (bicyclic) bond motifs is 1. The summed E-state index contributed by atoms with van der Waals surface area (Å²) in [4.78, 5) is 16.1. The summed E-state index contributed by atoms with van der Waals surface area (Å²) in [6.45, 7) is 0.223. The van der Waals surface area contributed by atoms with Crippen molar-refractivity contribution in [3.05, 3.63) is 59.9 Å². The number of nitrogens with zero attached hydrogens (tertiary/aromatic N) is 2. The zero-order valence-electron chi connectivity index (χ0n) is 10.6. The third-order valence-electron chi connectivity index (χ3n) is 3.01. The molecule has 0 unspecified atom stereocenters. The van der Waals surface area contributed by atoms with Crippen LogP contribution in [-0.2, 0) is 11.3 Å². The van der Waals surface area contributed by atoms with Crippen LogP contribution in [0.15, 0.2) is 54.9 Å². The molecular weight excluding hydrogens is 274 g/mol. The van der Waals surface area contributed by atoms with E-state index in [0.29, 0.717) is 10.8 Å². The molecule has 3 aromatic rings. The van der Waals surface area contributed by atoms with Crippen molar-refractivity contribution in [1.82, 2.24) is 9.55 Å². The zero-order valence-corrected chi connectivity index (χ0v) is 11.3. The molecular formula is C15H12ClN3O. The average molecular weight is 286 g/mol. The van der Waals surface area contributed by atoms with Crippen molar-refractivity contribution < 1.29 is 4.79 Å². The molecule has 0 aliphatic carbocycles. The maximum Gasteiger partial charge on any atom is 0.245 e. The Kier molecular flexibility index (Phi) is 3.39. The van der Waals surface area contributed by atoms with Crippen LogP contribution >= 0.6 is 11.6 Å². The molecule has 0 saturated heterocycles. The van der Waals surface area contributed by atoms with Crippen molar-refractivity contribution in [2.24, 2.45) is 0 Å². The quantitative estimate of drug-likeness (QED) is 0.802. The Morgan fingerprint density at radius 3 is 2.90 bits per heavy atom. The predicted octanol–water partition coefficient (Wildman–Crippen LogP) is 3.33. The molecule has 5 heteroatoms. The molecule has 2 aromatic heterocycles. The van der Waals surface area contributed by atoms with Gasteiger partial charge in [-0.25, -0.2) is 4.98 Å². The number of anilines is 1. The number of carbonyl (C=O) groups excluding carboxylic acids is 1. The topological polar surface area (TPSA) is 46.9 Å². The molecule has 1 aromatic carbocycles. The summed E-state index contributed by atoms with van der Waals surface area (Å²) < 4.78 is 1.86. The maximum atomic E-state index is 12.0. The molecule has 0 spiro atoms. The summed E-state index contributed by atoms with van der Waals surface area (Å²) in [6, 6.07) is 12.9. The molecule has 1 N–H and O–H groups in total. The van der Waals surface area contributed by atoms with E-state index in [2.05, 4.69) is 10.3 Å². The van der Waals surface area contributed by atoms with Crippen LogP contribution in [-0.4, -0.2) is 15.5 Å². The summed E-state index contributed by atoms with van der Waals surface area (Å²) >= 11 is 6.11. The molecule has 0 radical (unpaired) electrons.